The van der Waals surface area contributed by atoms with Crippen molar-refractivity contribution in [2.24, 2.45) is 0 Å². The van der Waals surface area contributed by atoms with Crippen LogP contribution < -0.4 is 10.6 Å². The van der Waals surface area contributed by atoms with Crippen molar-refractivity contribution >= 4 is 28.1 Å². The number of nitrogens with zero attached hydrogens (tertiary/aromatic N) is 1. The van der Waals surface area contributed by atoms with Crippen molar-refractivity contribution in [2.45, 2.75) is 19.9 Å². The van der Waals surface area contributed by atoms with Crippen molar-refractivity contribution in [2.75, 3.05) is 5.32 Å². The van der Waals surface area contributed by atoms with Crippen LogP contribution in [-0.2, 0) is 0 Å². The van der Waals surface area contributed by atoms with E-state index in [1.807, 2.05) is 37.3 Å². The minimum Gasteiger partial charge on any atom is -0.345 e. The zero-order valence-electron chi connectivity index (χ0n) is 13.9. The second kappa shape index (κ2) is 7.44. The first-order valence-electron chi connectivity index (χ1n) is 7.89. The summed E-state index contributed by atoms with van der Waals surface area (Å²) >= 11 is 1.28. The van der Waals surface area contributed by atoms with Crippen molar-refractivity contribution in [1.82, 2.24) is 10.3 Å². The number of rotatable bonds is 5. The van der Waals surface area contributed by atoms with E-state index in [1.165, 1.54) is 23.5 Å². The molecule has 2 N–H and O–H groups in total. The van der Waals surface area contributed by atoms with Crippen LogP contribution >= 0.6 is 11.3 Å². The van der Waals surface area contributed by atoms with Crippen LogP contribution in [0.5, 0.6) is 0 Å². The minimum atomic E-state index is -0.296. The second-order valence-electron chi connectivity index (χ2n) is 5.67. The molecule has 0 radical (unpaired) electrons. The molecule has 128 valence electrons. The lowest BCUT2D eigenvalue weighted by atomic mass is 10.1. The maximum absolute atomic E-state index is 13.0. The van der Waals surface area contributed by atoms with Crippen LogP contribution in [0.25, 0.3) is 0 Å². The van der Waals surface area contributed by atoms with Crippen molar-refractivity contribution in [1.29, 1.82) is 0 Å². The highest BCUT2D eigenvalue weighted by atomic mass is 32.1. The number of aryl methyl sites for hydroxylation is 1. The van der Waals surface area contributed by atoms with E-state index in [1.54, 1.807) is 19.1 Å². The monoisotopic (exact) mass is 355 g/mol. The van der Waals surface area contributed by atoms with E-state index in [0.717, 1.165) is 11.3 Å². The fourth-order valence-corrected chi connectivity index (χ4v) is 3.29. The number of thiazole rings is 1. The summed E-state index contributed by atoms with van der Waals surface area (Å²) < 4.78 is 13.0. The molecular weight excluding hydrogens is 337 g/mol. The third kappa shape index (κ3) is 4.22. The molecule has 0 spiro atoms. The van der Waals surface area contributed by atoms with E-state index in [-0.39, 0.29) is 17.8 Å². The Bertz CT molecular complexity index is 862. The van der Waals surface area contributed by atoms with Gasteiger partial charge in [0.15, 0.2) is 5.13 Å². The first-order valence-corrected chi connectivity index (χ1v) is 8.70. The van der Waals surface area contributed by atoms with Gasteiger partial charge in [-0.1, -0.05) is 41.7 Å². The molecule has 0 saturated carbocycles. The Morgan fingerprint density at radius 1 is 1.12 bits per heavy atom. The highest BCUT2D eigenvalue weighted by Gasteiger charge is 2.18. The smallest absolute Gasteiger partial charge is 0.263 e. The molecule has 3 aromatic rings. The summed E-state index contributed by atoms with van der Waals surface area (Å²) in [5.41, 5.74) is 2.43. The third-order valence-electron chi connectivity index (χ3n) is 3.75. The number of carbonyl (C=O) groups is 1. The van der Waals surface area contributed by atoms with Crippen molar-refractivity contribution < 1.29 is 9.18 Å². The second-order valence-corrected chi connectivity index (χ2v) is 6.67. The molecule has 0 aliphatic carbocycles. The number of hydrogen-bond donors (Lipinski definition) is 2. The van der Waals surface area contributed by atoms with Gasteiger partial charge in [-0.2, -0.15) is 0 Å². The van der Waals surface area contributed by atoms with Crippen LogP contribution in [0.3, 0.4) is 0 Å². The van der Waals surface area contributed by atoms with E-state index in [4.69, 9.17) is 0 Å². The summed E-state index contributed by atoms with van der Waals surface area (Å²) in [7, 11) is 0. The summed E-state index contributed by atoms with van der Waals surface area (Å²) in [5.74, 6) is -0.450. The van der Waals surface area contributed by atoms with E-state index in [0.29, 0.717) is 15.7 Å². The number of anilines is 2. The molecule has 3 rings (SSSR count). The number of amides is 1. The number of benzene rings is 2. The van der Waals surface area contributed by atoms with Crippen molar-refractivity contribution in [3.05, 3.63) is 76.5 Å². The highest BCUT2D eigenvalue weighted by Crippen LogP contribution is 2.26. The zero-order chi connectivity index (χ0) is 17.8. The maximum atomic E-state index is 13.0. The van der Waals surface area contributed by atoms with E-state index in [9.17, 15) is 9.18 Å². The number of carbonyl (C=O) groups excluding carboxylic acids is 1. The van der Waals surface area contributed by atoms with Gasteiger partial charge < -0.3 is 10.6 Å². The molecule has 1 heterocycles. The van der Waals surface area contributed by atoms with Crippen LogP contribution in [0.1, 0.15) is 33.9 Å². The van der Waals surface area contributed by atoms with Gasteiger partial charge in [-0.25, -0.2) is 9.37 Å². The maximum Gasteiger partial charge on any atom is 0.263 e. The van der Waals surface area contributed by atoms with Gasteiger partial charge in [-0.15, -0.1) is 0 Å². The molecule has 0 saturated heterocycles. The first-order chi connectivity index (χ1) is 12.0. The van der Waals surface area contributed by atoms with Gasteiger partial charge in [-0.05, 0) is 43.7 Å². The molecule has 1 unspecified atom stereocenters. The lowest BCUT2D eigenvalue weighted by molar-refractivity contribution is 0.0943. The molecular formula is C19H18FN3OS. The minimum absolute atomic E-state index is 0.0938. The molecule has 1 atom stereocenters. The summed E-state index contributed by atoms with van der Waals surface area (Å²) in [5, 5.41) is 6.68. The number of halogens is 1. The molecule has 0 aliphatic heterocycles. The molecule has 25 heavy (non-hydrogen) atoms. The fraction of sp³-hybridized carbons (Fsp3) is 0.158. The normalized spacial score (nSPS) is 11.8. The molecule has 0 fully saturated rings. The van der Waals surface area contributed by atoms with Crippen LogP contribution in [0.15, 0.2) is 54.6 Å². The van der Waals surface area contributed by atoms with E-state index < -0.39 is 0 Å². The Kier molecular flexibility index (Phi) is 5.09. The molecule has 2 aromatic carbocycles. The molecule has 4 nitrogen and oxygen atoms in total. The Balaban J connectivity index is 1.71. The fourth-order valence-electron chi connectivity index (χ4n) is 2.40. The number of aromatic nitrogens is 1. The van der Waals surface area contributed by atoms with Gasteiger partial charge in [0.1, 0.15) is 10.7 Å². The van der Waals surface area contributed by atoms with Crippen molar-refractivity contribution in [3.8, 4) is 0 Å². The predicted octanol–water partition coefficient (Wildman–Crippen LogP) is 4.83. The zero-order valence-corrected chi connectivity index (χ0v) is 14.7. The molecule has 1 aromatic heterocycles. The lowest BCUT2D eigenvalue weighted by Gasteiger charge is -2.13. The molecule has 0 bridgehead atoms. The van der Waals surface area contributed by atoms with Crippen LogP contribution in [-0.4, -0.2) is 10.9 Å². The quantitative estimate of drug-likeness (QED) is 0.689. The van der Waals surface area contributed by atoms with Crippen LogP contribution in [0, 0.1) is 12.7 Å². The summed E-state index contributed by atoms with van der Waals surface area (Å²) in [6.45, 7) is 3.75. The highest BCUT2D eigenvalue weighted by molar-refractivity contribution is 7.17. The Morgan fingerprint density at radius 3 is 2.48 bits per heavy atom. The molecule has 6 heteroatoms. The van der Waals surface area contributed by atoms with Gasteiger partial charge in [0, 0.05) is 5.69 Å². The lowest BCUT2D eigenvalue weighted by Crippen LogP contribution is -2.26. The third-order valence-corrected chi connectivity index (χ3v) is 4.82. The molecule has 1 amide bonds. The number of hydrogen-bond acceptors (Lipinski definition) is 4. The summed E-state index contributed by atoms with van der Waals surface area (Å²) in [6.07, 6.45) is 0. The average molecular weight is 355 g/mol. The first kappa shape index (κ1) is 17.1. The van der Waals surface area contributed by atoms with E-state index in [2.05, 4.69) is 15.6 Å². The Hall–Kier alpha value is -2.73. The Labute approximate surface area is 149 Å². The largest absolute Gasteiger partial charge is 0.345 e. The SMILES string of the molecule is Cc1nc(Nc2ccc(F)cc2)sc1C(=O)NC(C)c1ccccc1. The van der Waals surface area contributed by atoms with Gasteiger partial charge in [0.05, 0.1) is 11.7 Å². The van der Waals surface area contributed by atoms with Gasteiger partial charge in [-0.3, -0.25) is 4.79 Å². The summed E-state index contributed by atoms with van der Waals surface area (Å²) in [6, 6.07) is 15.7. The topological polar surface area (TPSA) is 54.0 Å². The van der Waals surface area contributed by atoms with E-state index >= 15 is 0 Å². The predicted molar refractivity (Wildman–Crippen MR) is 98.9 cm³/mol. The summed E-state index contributed by atoms with van der Waals surface area (Å²) in [4.78, 5) is 17.5. The van der Waals surface area contributed by atoms with Gasteiger partial charge >= 0.3 is 0 Å². The van der Waals surface area contributed by atoms with Gasteiger partial charge in [0.2, 0.25) is 0 Å². The van der Waals surface area contributed by atoms with Crippen LogP contribution in [0.4, 0.5) is 15.2 Å². The number of nitrogens with one attached hydrogen (secondary N) is 2. The van der Waals surface area contributed by atoms with Gasteiger partial charge in [0.25, 0.3) is 5.91 Å². The molecule has 0 aliphatic rings. The average Bonchev–Trinajstić information content (AvgIpc) is 2.98. The van der Waals surface area contributed by atoms with Crippen LogP contribution in [0.2, 0.25) is 0 Å². The standard InChI is InChI=1S/C19H18FN3OS/c1-12(14-6-4-3-5-7-14)21-18(24)17-13(2)22-19(25-17)23-16-10-8-15(20)9-11-16/h3-12H,1-2H3,(H,21,24)(H,22,23). The Morgan fingerprint density at radius 2 is 1.80 bits per heavy atom. The van der Waals surface area contributed by atoms with Crippen molar-refractivity contribution in [3.63, 3.8) is 0 Å².